The molecule has 0 aliphatic heterocycles. The molecule has 0 saturated heterocycles. The van der Waals surface area contributed by atoms with Gasteiger partial charge in [0.05, 0.1) is 48.1 Å². The molecule has 0 aliphatic carbocycles. The molecule has 8 nitrogen and oxygen atoms in total. The average molecular weight is 388 g/mol. The quantitative estimate of drug-likeness (QED) is 0.600. The van der Waals surface area contributed by atoms with Crippen molar-refractivity contribution in [1.29, 1.82) is 0 Å². The van der Waals surface area contributed by atoms with Gasteiger partial charge in [-0.15, -0.1) is 0 Å². The second kappa shape index (κ2) is 7.36. The highest BCUT2D eigenvalue weighted by molar-refractivity contribution is 7.92. The van der Waals surface area contributed by atoms with Crippen molar-refractivity contribution in [3.63, 3.8) is 0 Å². The van der Waals surface area contributed by atoms with Crippen LogP contribution in [0.5, 0.6) is 0 Å². The Morgan fingerprint density at radius 2 is 2.00 bits per heavy atom. The average Bonchev–Trinajstić information content (AvgIpc) is 3.07. The van der Waals surface area contributed by atoms with Crippen LogP contribution in [0.4, 0.5) is 5.69 Å². The molecule has 0 amide bonds. The van der Waals surface area contributed by atoms with Crippen LogP contribution in [0.1, 0.15) is 23.0 Å². The molecule has 1 aromatic carbocycles. The topological polar surface area (TPSA) is 94.4 Å². The molecule has 9 heteroatoms. The van der Waals surface area contributed by atoms with E-state index in [4.69, 9.17) is 0 Å². The van der Waals surface area contributed by atoms with Gasteiger partial charge in [-0.25, -0.2) is 13.2 Å². The summed E-state index contributed by atoms with van der Waals surface area (Å²) in [5.41, 5.74) is 2.19. The summed E-state index contributed by atoms with van der Waals surface area (Å²) in [6, 6.07) is 8.61. The third kappa shape index (κ3) is 3.63. The minimum Gasteiger partial charge on any atom is -0.465 e. The van der Waals surface area contributed by atoms with E-state index in [-0.39, 0.29) is 12.3 Å². The Morgan fingerprint density at radius 1 is 1.22 bits per heavy atom. The lowest BCUT2D eigenvalue weighted by atomic mass is 10.2. The molecular formula is C18H20N4O4S. The number of aromatic nitrogens is 3. The first-order chi connectivity index (χ1) is 12.9. The molecule has 0 fully saturated rings. The van der Waals surface area contributed by atoms with Crippen LogP contribution < -0.4 is 4.31 Å². The Morgan fingerprint density at radius 3 is 2.63 bits per heavy atom. The summed E-state index contributed by atoms with van der Waals surface area (Å²) >= 11 is 0. The number of methoxy groups -OCH3 is 1. The smallest absolute Gasteiger partial charge is 0.339 e. The van der Waals surface area contributed by atoms with Crippen molar-refractivity contribution in [1.82, 2.24) is 14.8 Å². The van der Waals surface area contributed by atoms with E-state index in [2.05, 4.69) is 14.8 Å². The lowest BCUT2D eigenvalue weighted by molar-refractivity contribution is 0.0600. The van der Waals surface area contributed by atoms with E-state index in [0.717, 1.165) is 10.9 Å². The van der Waals surface area contributed by atoms with Crippen molar-refractivity contribution < 1.29 is 17.9 Å². The molecule has 0 aliphatic rings. The third-order valence-corrected chi connectivity index (χ3v) is 6.02. The molecule has 0 saturated carbocycles. The third-order valence-electron chi connectivity index (χ3n) is 4.29. The summed E-state index contributed by atoms with van der Waals surface area (Å²) in [4.78, 5) is 15.8. The van der Waals surface area contributed by atoms with Crippen LogP contribution in [0.15, 0.2) is 42.7 Å². The molecule has 3 rings (SSSR count). The van der Waals surface area contributed by atoms with Gasteiger partial charge in [-0.3, -0.25) is 14.0 Å². The van der Waals surface area contributed by atoms with Crippen LogP contribution in [0.3, 0.4) is 0 Å². The van der Waals surface area contributed by atoms with E-state index in [1.807, 2.05) is 6.07 Å². The maximum atomic E-state index is 12.8. The number of hydrogen-bond acceptors (Lipinski definition) is 6. The summed E-state index contributed by atoms with van der Waals surface area (Å²) in [5.74, 6) is -0.545. The largest absolute Gasteiger partial charge is 0.465 e. The van der Waals surface area contributed by atoms with Gasteiger partial charge in [0.25, 0.3) is 0 Å². The first-order valence-corrected chi connectivity index (χ1v) is 9.92. The number of carbonyl (C=O) groups excluding carboxylic acids is 1. The van der Waals surface area contributed by atoms with E-state index >= 15 is 0 Å². The Hall–Kier alpha value is -2.94. The number of rotatable bonds is 6. The first-order valence-electron chi connectivity index (χ1n) is 8.31. The summed E-state index contributed by atoms with van der Waals surface area (Å²) in [5, 5.41) is 4.96. The zero-order valence-corrected chi connectivity index (χ0v) is 16.1. The van der Waals surface area contributed by atoms with E-state index in [9.17, 15) is 13.2 Å². The van der Waals surface area contributed by atoms with Gasteiger partial charge in [0.1, 0.15) is 0 Å². The predicted molar refractivity (Wildman–Crippen MR) is 102 cm³/mol. The van der Waals surface area contributed by atoms with Crippen LogP contribution in [0.2, 0.25) is 0 Å². The summed E-state index contributed by atoms with van der Waals surface area (Å²) < 4.78 is 33.2. The molecular weight excluding hydrogens is 368 g/mol. The molecule has 142 valence electrons. The molecule has 0 N–H and O–H groups in total. The zero-order valence-electron chi connectivity index (χ0n) is 15.3. The molecule has 0 spiro atoms. The molecule has 0 unspecified atom stereocenters. The SMILES string of the molecule is CCS(=O)(=O)N(Cc1ccc(C(=O)OC)cn1)c1cccc2c1cnn2C. The fraction of sp³-hybridized carbons (Fsp3) is 0.278. The molecule has 0 bridgehead atoms. The number of hydrogen-bond donors (Lipinski definition) is 0. The van der Waals surface area contributed by atoms with Crippen molar-refractivity contribution in [2.45, 2.75) is 13.5 Å². The second-order valence-corrected chi connectivity index (χ2v) is 8.10. The van der Waals surface area contributed by atoms with Gasteiger partial charge in [-0.2, -0.15) is 5.10 Å². The van der Waals surface area contributed by atoms with E-state index in [1.54, 1.807) is 49.1 Å². The van der Waals surface area contributed by atoms with Crippen LogP contribution in [0, 0.1) is 0 Å². The van der Waals surface area contributed by atoms with Crippen molar-refractivity contribution >= 4 is 32.6 Å². The van der Waals surface area contributed by atoms with Crippen LogP contribution in [0.25, 0.3) is 10.9 Å². The number of esters is 1. The lowest BCUT2D eigenvalue weighted by Gasteiger charge is -2.24. The van der Waals surface area contributed by atoms with Gasteiger partial charge in [0.2, 0.25) is 10.0 Å². The molecule has 27 heavy (non-hydrogen) atoms. The minimum absolute atomic E-state index is 0.0473. The van der Waals surface area contributed by atoms with Crippen molar-refractivity contribution in [3.05, 3.63) is 54.0 Å². The Balaban J connectivity index is 2.04. The molecule has 0 radical (unpaired) electrons. The van der Waals surface area contributed by atoms with Gasteiger partial charge in [-0.05, 0) is 31.2 Å². The number of anilines is 1. The van der Waals surface area contributed by atoms with Crippen molar-refractivity contribution in [2.24, 2.45) is 7.05 Å². The summed E-state index contributed by atoms with van der Waals surface area (Å²) in [6.07, 6.45) is 3.03. The summed E-state index contributed by atoms with van der Waals surface area (Å²) in [6.45, 7) is 1.64. The Labute approximate surface area is 157 Å². The standard InChI is InChI=1S/C18H20N4O4S/c1-4-27(24,25)22(12-14-9-8-13(10-19-14)18(23)26-3)17-7-5-6-16-15(17)11-20-21(16)2/h5-11H,4,12H2,1-3H3. The number of aryl methyl sites for hydroxylation is 1. The van der Waals surface area contributed by atoms with Gasteiger partial charge in [0, 0.05) is 18.6 Å². The Bertz CT molecular complexity index is 1070. The molecule has 0 atom stereocenters. The van der Waals surface area contributed by atoms with Crippen molar-refractivity contribution in [3.8, 4) is 0 Å². The minimum atomic E-state index is -3.56. The second-order valence-electron chi connectivity index (χ2n) is 5.92. The summed E-state index contributed by atoms with van der Waals surface area (Å²) in [7, 11) is -0.465. The van der Waals surface area contributed by atoms with Gasteiger partial charge < -0.3 is 4.74 Å². The lowest BCUT2D eigenvalue weighted by Crippen LogP contribution is -2.32. The van der Waals surface area contributed by atoms with Crippen LogP contribution in [-0.2, 0) is 28.4 Å². The van der Waals surface area contributed by atoms with E-state index in [0.29, 0.717) is 16.9 Å². The highest BCUT2D eigenvalue weighted by Crippen LogP contribution is 2.29. The number of benzene rings is 1. The number of nitrogens with zero attached hydrogens (tertiary/aromatic N) is 4. The predicted octanol–water partition coefficient (Wildman–Crippen LogP) is 2.11. The van der Waals surface area contributed by atoms with E-state index < -0.39 is 16.0 Å². The zero-order chi connectivity index (χ0) is 19.6. The highest BCUT2D eigenvalue weighted by Gasteiger charge is 2.24. The normalized spacial score (nSPS) is 11.5. The maximum absolute atomic E-state index is 12.8. The van der Waals surface area contributed by atoms with Gasteiger partial charge in [0.15, 0.2) is 0 Å². The van der Waals surface area contributed by atoms with Crippen LogP contribution in [-0.4, -0.2) is 42.0 Å². The van der Waals surface area contributed by atoms with Crippen molar-refractivity contribution in [2.75, 3.05) is 17.2 Å². The number of fused-ring (bicyclic) bond motifs is 1. The highest BCUT2D eigenvalue weighted by atomic mass is 32.2. The number of carbonyl (C=O) groups is 1. The number of ether oxygens (including phenoxy) is 1. The Kier molecular flexibility index (Phi) is 5.13. The monoisotopic (exact) mass is 388 g/mol. The molecule has 3 aromatic rings. The number of pyridine rings is 1. The van der Waals surface area contributed by atoms with E-state index in [1.165, 1.54) is 17.6 Å². The first kappa shape index (κ1) is 18.8. The fourth-order valence-corrected chi connectivity index (χ4v) is 3.87. The number of sulfonamides is 1. The van der Waals surface area contributed by atoms with Crippen LogP contribution >= 0.6 is 0 Å². The molecule has 2 aromatic heterocycles. The van der Waals surface area contributed by atoms with Gasteiger partial charge in [-0.1, -0.05) is 6.07 Å². The van der Waals surface area contributed by atoms with Gasteiger partial charge >= 0.3 is 5.97 Å². The molecule has 2 heterocycles. The maximum Gasteiger partial charge on any atom is 0.339 e. The fourth-order valence-electron chi connectivity index (χ4n) is 2.77.